The first-order chi connectivity index (χ1) is 17.3. The number of nitrogens with zero attached hydrogens (tertiary/aromatic N) is 4. The molecule has 0 aromatic carbocycles. The Hall–Kier alpha value is -4.16. The highest BCUT2D eigenvalue weighted by Crippen LogP contribution is 1.97. The van der Waals surface area contributed by atoms with E-state index in [0.29, 0.717) is 0 Å². The first-order valence-corrected chi connectivity index (χ1v) is 10.6. The number of rotatable bonds is 21. The Kier molecular flexibility index (Phi) is 16.1. The number of nitrogens with one attached hydrogen (secondary N) is 1. The van der Waals surface area contributed by atoms with E-state index < -0.39 is 86.6 Å². The van der Waals surface area contributed by atoms with Crippen LogP contribution in [0, 0.1) is 10.1 Å². The average Bonchev–Trinajstić information content (AvgIpc) is 2.73. The molecule has 0 heterocycles. The Morgan fingerprint density at radius 2 is 1.14 bits per heavy atom. The van der Waals surface area contributed by atoms with Crippen molar-refractivity contribution in [3.8, 4) is 0 Å². The Morgan fingerprint density at radius 3 is 1.57 bits per heavy atom. The van der Waals surface area contributed by atoms with Gasteiger partial charge in [-0.05, 0) is 0 Å². The van der Waals surface area contributed by atoms with Gasteiger partial charge in [-0.2, -0.15) is 0 Å². The fraction of sp³-hybridized carbons (Fsp3) is 0.579. The molecular weight excluding hydrogens is 506 g/mol. The molecule has 0 bridgehead atoms. The second kappa shape index (κ2) is 18.2. The quantitative estimate of drug-likeness (QED) is 0.0417. The van der Waals surface area contributed by atoms with E-state index in [1.807, 2.05) is 0 Å². The first kappa shape index (κ1) is 32.8. The van der Waals surface area contributed by atoms with Crippen molar-refractivity contribution in [2.45, 2.75) is 0 Å². The van der Waals surface area contributed by atoms with Crippen molar-refractivity contribution in [3.63, 3.8) is 0 Å². The molecule has 208 valence electrons. The number of aliphatic carboxylic acids is 4. The number of carboxylic acid groups (broad SMARTS) is 4. The molecule has 0 radical (unpaired) electrons. The second-order valence-electron chi connectivity index (χ2n) is 7.40. The van der Waals surface area contributed by atoms with E-state index in [1.165, 1.54) is 9.80 Å². The van der Waals surface area contributed by atoms with Crippen LogP contribution in [-0.4, -0.2) is 148 Å². The number of ether oxygens (including phenoxy) is 1. The first-order valence-electron chi connectivity index (χ1n) is 10.6. The number of carboxylic acids is 4. The Labute approximate surface area is 209 Å². The number of hydrogen-bond donors (Lipinski definition) is 5. The Balaban J connectivity index is 4.96. The predicted molar refractivity (Wildman–Crippen MR) is 120 cm³/mol. The molecule has 0 aromatic heterocycles. The predicted octanol–water partition coefficient (Wildman–Crippen LogP) is -3.32. The van der Waals surface area contributed by atoms with E-state index in [1.54, 1.807) is 0 Å². The lowest BCUT2D eigenvalue weighted by molar-refractivity contribution is -0.482. The summed E-state index contributed by atoms with van der Waals surface area (Å²) in [7, 11) is 0. The van der Waals surface area contributed by atoms with Crippen molar-refractivity contribution in [1.29, 1.82) is 0 Å². The van der Waals surface area contributed by atoms with Crippen LogP contribution in [0.3, 0.4) is 0 Å². The molecule has 0 saturated carbocycles. The minimum absolute atomic E-state index is 0.0543. The Morgan fingerprint density at radius 1 is 0.730 bits per heavy atom. The van der Waals surface area contributed by atoms with Crippen LogP contribution in [-0.2, 0) is 33.5 Å². The van der Waals surface area contributed by atoms with E-state index in [0.717, 1.165) is 17.2 Å². The van der Waals surface area contributed by atoms with Crippen LogP contribution in [0.5, 0.6) is 0 Å². The molecule has 0 rings (SSSR count). The van der Waals surface area contributed by atoms with Gasteiger partial charge < -0.3 is 30.5 Å². The van der Waals surface area contributed by atoms with Gasteiger partial charge in [0.1, 0.15) is 0 Å². The average molecular weight is 535 g/mol. The fourth-order valence-corrected chi connectivity index (χ4v) is 2.75. The van der Waals surface area contributed by atoms with Gasteiger partial charge in [-0.1, -0.05) is 0 Å². The van der Waals surface area contributed by atoms with Crippen molar-refractivity contribution >= 4 is 35.8 Å². The summed E-state index contributed by atoms with van der Waals surface area (Å²) in [4.78, 5) is 80.7. The number of carbonyl (C=O) groups is 6. The minimum atomic E-state index is -1.28. The molecule has 1 amide bonds. The third kappa shape index (κ3) is 19.8. The van der Waals surface area contributed by atoms with Crippen LogP contribution < -0.4 is 5.32 Å². The lowest BCUT2D eigenvalue weighted by atomic mass is 10.3. The third-order valence-corrected chi connectivity index (χ3v) is 4.25. The topological polar surface area (TPSA) is 257 Å². The van der Waals surface area contributed by atoms with Crippen molar-refractivity contribution < 1.29 is 58.9 Å². The van der Waals surface area contributed by atoms with Crippen LogP contribution in [0.15, 0.2) is 12.3 Å². The van der Waals surface area contributed by atoms with Crippen molar-refractivity contribution in [1.82, 2.24) is 20.0 Å². The van der Waals surface area contributed by atoms with Gasteiger partial charge in [0.05, 0.1) is 32.7 Å². The molecule has 0 aliphatic heterocycles. The van der Waals surface area contributed by atoms with Gasteiger partial charge in [-0.15, -0.1) is 0 Å². The molecule has 37 heavy (non-hydrogen) atoms. The van der Waals surface area contributed by atoms with E-state index in [2.05, 4.69) is 10.1 Å². The summed E-state index contributed by atoms with van der Waals surface area (Å²) in [6.07, 6.45) is 1.71. The van der Waals surface area contributed by atoms with E-state index in [-0.39, 0.29) is 26.2 Å². The van der Waals surface area contributed by atoms with Crippen molar-refractivity contribution in [2.24, 2.45) is 0 Å². The zero-order chi connectivity index (χ0) is 28.4. The van der Waals surface area contributed by atoms with Crippen LogP contribution in [0.1, 0.15) is 0 Å². The van der Waals surface area contributed by atoms with E-state index in [9.17, 15) is 38.9 Å². The van der Waals surface area contributed by atoms with Crippen LogP contribution in [0.4, 0.5) is 0 Å². The molecule has 5 N–H and O–H groups in total. The number of esters is 1. The van der Waals surface area contributed by atoms with Gasteiger partial charge >= 0.3 is 29.8 Å². The molecule has 0 spiro atoms. The maximum atomic E-state index is 12.1. The molecule has 18 nitrogen and oxygen atoms in total. The van der Waals surface area contributed by atoms with E-state index >= 15 is 0 Å². The summed E-state index contributed by atoms with van der Waals surface area (Å²) in [6, 6.07) is 0. The van der Waals surface area contributed by atoms with Gasteiger partial charge in [0.25, 0.3) is 0 Å². The fourth-order valence-electron chi connectivity index (χ4n) is 2.75. The van der Waals surface area contributed by atoms with Gasteiger partial charge in [-0.25, -0.2) is 4.79 Å². The number of amides is 1. The largest absolute Gasteiger partial charge is 0.480 e. The summed E-state index contributed by atoms with van der Waals surface area (Å²) in [5.74, 6) is -6.74. The highest BCUT2D eigenvalue weighted by atomic mass is 16.6. The van der Waals surface area contributed by atoms with Crippen LogP contribution in [0.2, 0.25) is 0 Å². The molecular formula is C19H29N5O13. The smallest absolute Gasteiger partial charge is 0.332 e. The summed E-state index contributed by atoms with van der Waals surface area (Å²) < 4.78 is 4.52. The molecule has 0 unspecified atom stereocenters. The van der Waals surface area contributed by atoms with Crippen LogP contribution in [0.25, 0.3) is 0 Å². The molecule has 0 aliphatic carbocycles. The molecule has 0 fully saturated rings. The van der Waals surface area contributed by atoms with Crippen molar-refractivity contribution in [3.05, 3.63) is 22.4 Å². The maximum absolute atomic E-state index is 12.1. The van der Waals surface area contributed by atoms with Crippen molar-refractivity contribution in [2.75, 3.05) is 72.1 Å². The number of nitro groups is 1. The number of carbonyl (C=O) groups excluding carboxylic acids is 2. The molecule has 0 atom stereocenters. The number of hydrogen-bond acceptors (Lipinski definition) is 12. The summed E-state index contributed by atoms with van der Waals surface area (Å²) in [6.45, 7) is -4.11. The van der Waals surface area contributed by atoms with Crippen LogP contribution >= 0.6 is 0 Å². The molecule has 18 heteroatoms. The lowest BCUT2D eigenvalue weighted by Gasteiger charge is -2.27. The molecule has 0 aromatic rings. The van der Waals surface area contributed by atoms with Gasteiger partial charge in [0.2, 0.25) is 12.5 Å². The summed E-state index contributed by atoms with van der Waals surface area (Å²) in [5.41, 5.74) is 0. The minimum Gasteiger partial charge on any atom is -0.480 e. The monoisotopic (exact) mass is 535 g/mol. The highest BCUT2D eigenvalue weighted by molar-refractivity contribution is 5.84. The normalized spacial score (nSPS) is 11.1. The lowest BCUT2D eigenvalue weighted by Crippen LogP contribution is -2.46. The third-order valence-electron chi connectivity index (χ3n) is 4.25. The summed E-state index contributed by atoms with van der Waals surface area (Å²) in [5, 5.41) is 48.4. The van der Waals surface area contributed by atoms with Gasteiger partial charge in [0, 0.05) is 43.4 Å². The van der Waals surface area contributed by atoms with Gasteiger partial charge in [0.15, 0.2) is 6.61 Å². The zero-order valence-electron chi connectivity index (χ0n) is 19.7. The Bertz CT molecular complexity index is 847. The summed E-state index contributed by atoms with van der Waals surface area (Å²) >= 11 is 0. The maximum Gasteiger partial charge on any atom is 0.332 e. The second-order valence-corrected chi connectivity index (χ2v) is 7.40. The van der Waals surface area contributed by atoms with Gasteiger partial charge in [-0.3, -0.25) is 48.8 Å². The SMILES string of the molecule is O=C(O)CN(CCN(CC(=O)O)CC(=O)O)CCN(CC(=O)O)CC(=O)N/C=C/C(=O)OCC[N+](=O)[O-]. The highest BCUT2D eigenvalue weighted by Gasteiger charge is 2.19. The zero-order valence-corrected chi connectivity index (χ0v) is 19.7. The standard InChI is InChI=1S/C19H29N5O13/c25-14(20-2-1-19(34)37-8-7-24(35)36)9-22(11-16(28)29)5-3-21(10-15(26)27)4-6-23(12-17(30)31)13-18(32)33/h1-2H,3-13H2,(H,20,25)(H,26,27)(H,28,29)(H,30,31)(H,32,33)/b2-1+. The van der Waals surface area contributed by atoms with E-state index in [4.69, 9.17) is 20.4 Å². The molecule has 0 saturated heterocycles. The molecule has 0 aliphatic rings.